The maximum atomic E-state index is 2.46. The smallest absolute Gasteiger partial charge is 0.00761 e. The zero-order chi connectivity index (χ0) is 10.3. The molecule has 0 bridgehead atoms. The van der Waals surface area contributed by atoms with Crippen LogP contribution >= 0.6 is 0 Å². The molecule has 0 saturated carbocycles. The van der Waals surface area contributed by atoms with Gasteiger partial charge in [0.05, 0.1) is 0 Å². The maximum Gasteiger partial charge on any atom is -0.00761 e. The molecule has 0 heterocycles. The average Bonchev–Trinajstić information content (AvgIpc) is 2.15. The van der Waals surface area contributed by atoms with E-state index in [1.54, 1.807) is 16.7 Å². The molecule has 2 aliphatic rings. The Bertz CT molecular complexity index is 302. The van der Waals surface area contributed by atoms with E-state index in [1.165, 1.54) is 25.7 Å². The van der Waals surface area contributed by atoms with Crippen LogP contribution < -0.4 is 0 Å². The summed E-state index contributed by atoms with van der Waals surface area (Å²) in [6, 6.07) is 0. The quantitative estimate of drug-likeness (QED) is 0.528. The Morgan fingerprint density at radius 2 is 1.86 bits per heavy atom. The summed E-state index contributed by atoms with van der Waals surface area (Å²) in [7, 11) is 0. The Kier molecular flexibility index (Phi) is 2.33. The van der Waals surface area contributed by atoms with Crippen molar-refractivity contribution in [1.29, 1.82) is 0 Å². The zero-order valence-electron chi connectivity index (χ0n) is 9.98. The summed E-state index contributed by atoms with van der Waals surface area (Å²) in [4.78, 5) is 0. The van der Waals surface area contributed by atoms with Gasteiger partial charge in [0.2, 0.25) is 0 Å². The number of hydrogen-bond donors (Lipinski definition) is 0. The molecular weight excluding hydrogens is 168 g/mol. The van der Waals surface area contributed by atoms with Crippen molar-refractivity contribution in [3.63, 3.8) is 0 Å². The highest BCUT2D eigenvalue weighted by Gasteiger charge is 2.36. The van der Waals surface area contributed by atoms with Gasteiger partial charge in [-0.05, 0) is 49.5 Å². The molecule has 0 aromatic rings. The molecule has 0 radical (unpaired) electrons. The van der Waals surface area contributed by atoms with Crippen LogP contribution in [0, 0.1) is 11.3 Å². The van der Waals surface area contributed by atoms with E-state index in [0.717, 1.165) is 5.92 Å². The normalized spacial score (nSPS) is 31.1. The largest absolute Gasteiger partial charge is 0.0694 e. The Balaban J connectivity index is 2.46. The van der Waals surface area contributed by atoms with E-state index in [4.69, 9.17) is 0 Å². The third-order valence-electron chi connectivity index (χ3n) is 4.46. The maximum absolute atomic E-state index is 2.46. The average molecular weight is 190 g/mol. The van der Waals surface area contributed by atoms with Crippen LogP contribution in [0.4, 0.5) is 0 Å². The monoisotopic (exact) mass is 190 g/mol. The predicted octanol–water partition coefficient (Wildman–Crippen LogP) is 4.48. The van der Waals surface area contributed by atoms with Crippen LogP contribution in [-0.4, -0.2) is 0 Å². The molecule has 0 fully saturated rings. The fourth-order valence-corrected chi connectivity index (χ4v) is 3.05. The number of rotatable bonds is 0. The minimum Gasteiger partial charge on any atom is -0.0694 e. The molecule has 1 unspecified atom stereocenters. The van der Waals surface area contributed by atoms with E-state index < -0.39 is 0 Å². The third-order valence-corrected chi connectivity index (χ3v) is 4.46. The van der Waals surface area contributed by atoms with Crippen molar-refractivity contribution in [3.8, 4) is 0 Å². The van der Waals surface area contributed by atoms with Gasteiger partial charge >= 0.3 is 0 Å². The van der Waals surface area contributed by atoms with Gasteiger partial charge in [0.1, 0.15) is 0 Å². The van der Waals surface area contributed by atoms with Crippen molar-refractivity contribution in [1.82, 2.24) is 0 Å². The molecule has 0 aromatic heterocycles. The Labute approximate surface area is 88.1 Å². The van der Waals surface area contributed by atoms with Gasteiger partial charge in [-0.1, -0.05) is 38.0 Å². The second kappa shape index (κ2) is 3.25. The summed E-state index contributed by atoms with van der Waals surface area (Å²) < 4.78 is 0. The zero-order valence-corrected chi connectivity index (χ0v) is 9.98. The lowest BCUT2D eigenvalue weighted by Gasteiger charge is -2.42. The van der Waals surface area contributed by atoms with Crippen LogP contribution in [0.25, 0.3) is 0 Å². The summed E-state index contributed by atoms with van der Waals surface area (Å²) in [5.74, 6) is 0.722. The lowest BCUT2D eigenvalue weighted by molar-refractivity contribution is 0.299. The molecule has 2 aliphatic carbocycles. The van der Waals surface area contributed by atoms with Crippen LogP contribution in [0.1, 0.15) is 53.4 Å². The molecule has 0 amide bonds. The van der Waals surface area contributed by atoms with Gasteiger partial charge in [-0.2, -0.15) is 0 Å². The lowest BCUT2D eigenvalue weighted by Crippen LogP contribution is -2.30. The Morgan fingerprint density at radius 3 is 2.57 bits per heavy atom. The molecule has 0 N–H and O–H groups in total. The molecule has 0 aromatic carbocycles. The highest BCUT2D eigenvalue weighted by molar-refractivity contribution is 5.40. The van der Waals surface area contributed by atoms with Crippen molar-refractivity contribution in [2.75, 3.05) is 0 Å². The van der Waals surface area contributed by atoms with Crippen molar-refractivity contribution >= 4 is 0 Å². The Hall–Kier alpha value is -0.520. The van der Waals surface area contributed by atoms with Crippen molar-refractivity contribution in [2.45, 2.75) is 53.4 Å². The summed E-state index contributed by atoms with van der Waals surface area (Å²) in [5.41, 5.74) is 5.41. The van der Waals surface area contributed by atoms with Gasteiger partial charge in [0.25, 0.3) is 0 Å². The highest BCUT2D eigenvalue weighted by atomic mass is 14.4. The molecule has 0 saturated heterocycles. The molecule has 2 rings (SSSR count). The molecular formula is C14H22. The van der Waals surface area contributed by atoms with Crippen LogP contribution in [-0.2, 0) is 0 Å². The molecule has 78 valence electrons. The number of hydrogen-bond acceptors (Lipinski definition) is 0. The molecule has 0 nitrogen and oxygen atoms in total. The van der Waals surface area contributed by atoms with Crippen LogP contribution in [0.5, 0.6) is 0 Å². The molecule has 0 heteroatoms. The van der Waals surface area contributed by atoms with Crippen LogP contribution in [0.3, 0.4) is 0 Å². The molecule has 1 atom stereocenters. The van der Waals surface area contributed by atoms with Gasteiger partial charge in [0, 0.05) is 0 Å². The minimum atomic E-state index is 0.411. The molecule has 0 aliphatic heterocycles. The fourth-order valence-electron chi connectivity index (χ4n) is 3.05. The van der Waals surface area contributed by atoms with E-state index in [9.17, 15) is 0 Å². The van der Waals surface area contributed by atoms with Gasteiger partial charge < -0.3 is 0 Å². The summed E-state index contributed by atoms with van der Waals surface area (Å²) in [6.45, 7) is 9.53. The topological polar surface area (TPSA) is 0 Å². The first-order valence-electron chi connectivity index (χ1n) is 5.94. The summed E-state index contributed by atoms with van der Waals surface area (Å²) in [5, 5.41) is 0. The lowest BCUT2D eigenvalue weighted by atomic mass is 9.63. The minimum absolute atomic E-state index is 0.411. The van der Waals surface area contributed by atoms with E-state index >= 15 is 0 Å². The third kappa shape index (κ3) is 1.36. The van der Waals surface area contributed by atoms with E-state index in [1.807, 2.05) is 0 Å². The fraction of sp³-hybridized carbons (Fsp3) is 0.714. The van der Waals surface area contributed by atoms with Gasteiger partial charge in [-0.25, -0.2) is 0 Å². The van der Waals surface area contributed by atoms with Crippen LogP contribution in [0.15, 0.2) is 22.8 Å². The first-order valence-corrected chi connectivity index (χ1v) is 5.94. The summed E-state index contributed by atoms with van der Waals surface area (Å²) >= 11 is 0. The van der Waals surface area contributed by atoms with Crippen molar-refractivity contribution in [3.05, 3.63) is 22.8 Å². The van der Waals surface area contributed by atoms with Crippen molar-refractivity contribution in [2.24, 2.45) is 11.3 Å². The summed E-state index contributed by atoms with van der Waals surface area (Å²) in [6.07, 6.45) is 7.93. The van der Waals surface area contributed by atoms with Gasteiger partial charge in [-0.3, -0.25) is 0 Å². The van der Waals surface area contributed by atoms with E-state index in [2.05, 4.69) is 33.8 Å². The second-order valence-corrected chi connectivity index (χ2v) is 5.54. The predicted molar refractivity (Wildman–Crippen MR) is 62.2 cm³/mol. The highest BCUT2D eigenvalue weighted by Crippen LogP contribution is 2.48. The number of allylic oxidation sites excluding steroid dienone is 4. The molecule has 0 spiro atoms. The van der Waals surface area contributed by atoms with Gasteiger partial charge in [-0.15, -0.1) is 0 Å². The van der Waals surface area contributed by atoms with Crippen molar-refractivity contribution < 1.29 is 0 Å². The Morgan fingerprint density at radius 1 is 1.21 bits per heavy atom. The second-order valence-electron chi connectivity index (χ2n) is 5.54. The SMILES string of the molecule is CC1=CC2=C(CCCC2)C(C)(C)C1C. The van der Waals surface area contributed by atoms with Crippen LogP contribution in [0.2, 0.25) is 0 Å². The first-order chi connectivity index (χ1) is 6.53. The first kappa shape index (κ1) is 10.0. The molecule has 14 heavy (non-hydrogen) atoms. The van der Waals surface area contributed by atoms with Gasteiger partial charge in [0.15, 0.2) is 0 Å². The van der Waals surface area contributed by atoms with E-state index in [0.29, 0.717) is 5.41 Å². The standard InChI is InChI=1S/C14H22/c1-10-9-12-7-5-6-8-13(12)14(3,4)11(10)2/h9,11H,5-8H2,1-4H3. The van der Waals surface area contributed by atoms with E-state index in [-0.39, 0.29) is 0 Å².